The van der Waals surface area contributed by atoms with Crippen LogP contribution in [0.4, 0.5) is 0 Å². The zero-order valence-electron chi connectivity index (χ0n) is 11.6. The third-order valence-corrected chi connectivity index (χ3v) is 4.93. The van der Waals surface area contributed by atoms with Gasteiger partial charge in [-0.05, 0) is 50.3 Å². The lowest BCUT2D eigenvalue weighted by Crippen LogP contribution is -2.07. The Hall–Kier alpha value is -1.42. The van der Waals surface area contributed by atoms with Crippen LogP contribution < -0.4 is 0 Å². The van der Waals surface area contributed by atoms with Gasteiger partial charge in [0.1, 0.15) is 5.69 Å². The number of aromatic nitrogens is 2. The monoisotopic (exact) mass is 332 g/mol. The molecule has 1 atom stereocenters. The summed E-state index contributed by atoms with van der Waals surface area (Å²) in [5.74, 6) is 0.717. The molecule has 1 aromatic carbocycles. The number of aldehydes is 1. The fraction of sp³-hybridized carbons (Fsp3) is 0.375. The molecule has 1 aliphatic rings. The van der Waals surface area contributed by atoms with E-state index in [0.717, 1.165) is 27.6 Å². The van der Waals surface area contributed by atoms with Gasteiger partial charge in [0.2, 0.25) is 0 Å². The molecule has 1 aromatic heterocycles. The molecule has 1 aliphatic carbocycles. The quantitative estimate of drug-likeness (QED) is 0.777. The Balaban J connectivity index is 2.02. The Kier molecular flexibility index (Phi) is 3.50. The second-order valence-electron chi connectivity index (χ2n) is 5.57. The third kappa shape index (κ3) is 2.44. The van der Waals surface area contributed by atoms with Gasteiger partial charge >= 0.3 is 0 Å². The van der Waals surface area contributed by atoms with Gasteiger partial charge in [-0.1, -0.05) is 22.0 Å². The average Bonchev–Trinajstić information content (AvgIpc) is 3.20. The van der Waals surface area contributed by atoms with Crippen molar-refractivity contribution in [2.75, 3.05) is 0 Å². The molecule has 0 aliphatic heterocycles. The van der Waals surface area contributed by atoms with Crippen molar-refractivity contribution >= 4 is 22.2 Å². The summed E-state index contributed by atoms with van der Waals surface area (Å²) < 4.78 is 3.02. The normalized spacial score (nSPS) is 16.1. The summed E-state index contributed by atoms with van der Waals surface area (Å²) in [5.41, 5.74) is 3.58. The standard InChI is InChI=1S/C16H17BrN2O/c1-10-7-13(5-6-15(10)17)16-14(9-20)8-19(18-16)11(2)12-3-4-12/h5-9,11-12H,3-4H2,1-2H3. The maximum Gasteiger partial charge on any atom is 0.153 e. The molecule has 0 bridgehead atoms. The van der Waals surface area contributed by atoms with Crippen LogP contribution in [0, 0.1) is 12.8 Å². The molecule has 20 heavy (non-hydrogen) atoms. The lowest BCUT2D eigenvalue weighted by molar-refractivity contribution is 0.112. The number of carbonyl (C=O) groups excluding carboxylic acids is 1. The van der Waals surface area contributed by atoms with E-state index in [4.69, 9.17) is 0 Å². The van der Waals surface area contributed by atoms with Crippen LogP contribution in [0.1, 0.15) is 41.7 Å². The van der Waals surface area contributed by atoms with E-state index in [1.807, 2.05) is 29.9 Å². The average molecular weight is 333 g/mol. The minimum atomic E-state index is 0.374. The first-order valence-electron chi connectivity index (χ1n) is 6.91. The summed E-state index contributed by atoms with van der Waals surface area (Å²) in [5, 5.41) is 4.65. The van der Waals surface area contributed by atoms with Crippen LogP contribution in [0.5, 0.6) is 0 Å². The summed E-state index contributed by atoms with van der Waals surface area (Å²) >= 11 is 3.50. The van der Waals surface area contributed by atoms with Gasteiger partial charge < -0.3 is 0 Å². The number of hydrogen-bond donors (Lipinski definition) is 0. The van der Waals surface area contributed by atoms with E-state index in [2.05, 4.69) is 34.0 Å². The highest BCUT2D eigenvalue weighted by Crippen LogP contribution is 2.39. The lowest BCUT2D eigenvalue weighted by atomic mass is 10.1. The van der Waals surface area contributed by atoms with Crippen molar-refractivity contribution in [3.8, 4) is 11.3 Å². The SMILES string of the molecule is Cc1cc(-c2nn(C(C)C3CC3)cc2C=O)ccc1Br. The van der Waals surface area contributed by atoms with Crippen LogP contribution >= 0.6 is 15.9 Å². The summed E-state index contributed by atoms with van der Waals surface area (Å²) in [7, 11) is 0. The Labute approximate surface area is 127 Å². The van der Waals surface area contributed by atoms with Crippen LogP contribution in [-0.2, 0) is 0 Å². The second-order valence-corrected chi connectivity index (χ2v) is 6.43. The Morgan fingerprint density at radius 1 is 1.45 bits per heavy atom. The molecule has 1 unspecified atom stereocenters. The molecule has 1 fully saturated rings. The van der Waals surface area contributed by atoms with Crippen LogP contribution in [0.3, 0.4) is 0 Å². The van der Waals surface area contributed by atoms with E-state index in [-0.39, 0.29) is 0 Å². The van der Waals surface area contributed by atoms with Crippen LogP contribution in [0.25, 0.3) is 11.3 Å². The molecule has 3 nitrogen and oxygen atoms in total. The molecule has 0 radical (unpaired) electrons. The first-order chi connectivity index (χ1) is 9.60. The van der Waals surface area contributed by atoms with E-state index in [0.29, 0.717) is 17.5 Å². The molecular formula is C16H17BrN2O. The minimum Gasteiger partial charge on any atom is -0.298 e. The highest BCUT2D eigenvalue weighted by Gasteiger charge is 2.30. The molecule has 104 valence electrons. The number of aryl methyl sites for hydroxylation is 1. The van der Waals surface area contributed by atoms with Crippen molar-refractivity contribution in [1.29, 1.82) is 0 Å². The predicted molar refractivity (Wildman–Crippen MR) is 82.9 cm³/mol. The lowest BCUT2D eigenvalue weighted by Gasteiger charge is -2.10. The highest BCUT2D eigenvalue weighted by molar-refractivity contribution is 9.10. The van der Waals surface area contributed by atoms with E-state index in [9.17, 15) is 4.79 Å². The summed E-state index contributed by atoms with van der Waals surface area (Å²) in [4.78, 5) is 11.3. The van der Waals surface area contributed by atoms with Crippen molar-refractivity contribution in [2.24, 2.45) is 5.92 Å². The number of hydrogen-bond acceptors (Lipinski definition) is 2. The number of rotatable bonds is 4. The third-order valence-electron chi connectivity index (χ3n) is 4.04. The number of benzene rings is 1. The molecule has 2 aromatic rings. The predicted octanol–water partition coefficient (Wildman–Crippen LogP) is 4.40. The summed E-state index contributed by atoms with van der Waals surface area (Å²) in [6, 6.07) is 6.44. The molecule has 1 saturated carbocycles. The zero-order chi connectivity index (χ0) is 14.3. The second kappa shape index (κ2) is 5.17. The van der Waals surface area contributed by atoms with Gasteiger partial charge in [-0.15, -0.1) is 0 Å². The Bertz CT molecular complexity index is 658. The van der Waals surface area contributed by atoms with Crippen LogP contribution in [-0.4, -0.2) is 16.1 Å². The fourth-order valence-corrected chi connectivity index (χ4v) is 2.76. The van der Waals surface area contributed by atoms with E-state index < -0.39 is 0 Å². The maximum absolute atomic E-state index is 11.3. The van der Waals surface area contributed by atoms with Crippen molar-refractivity contribution in [1.82, 2.24) is 9.78 Å². The van der Waals surface area contributed by atoms with Crippen LogP contribution in [0.15, 0.2) is 28.9 Å². The molecule has 0 saturated heterocycles. The van der Waals surface area contributed by atoms with Crippen molar-refractivity contribution in [3.63, 3.8) is 0 Å². The van der Waals surface area contributed by atoms with Crippen LogP contribution in [0.2, 0.25) is 0 Å². The number of nitrogens with zero attached hydrogens (tertiary/aromatic N) is 2. The molecule has 0 amide bonds. The zero-order valence-corrected chi connectivity index (χ0v) is 13.2. The molecule has 1 heterocycles. The Morgan fingerprint density at radius 2 is 2.20 bits per heavy atom. The molecular weight excluding hydrogens is 316 g/mol. The van der Waals surface area contributed by atoms with Crippen molar-refractivity contribution in [2.45, 2.75) is 32.7 Å². The summed E-state index contributed by atoms with van der Waals surface area (Å²) in [6.45, 7) is 4.22. The molecule has 0 N–H and O–H groups in total. The molecule has 3 rings (SSSR count). The van der Waals surface area contributed by atoms with Gasteiger partial charge in [0.15, 0.2) is 6.29 Å². The van der Waals surface area contributed by atoms with Gasteiger partial charge in [-0.2, -0.15) is 5.10 Å². The van der Waals surface area contributed by atoms with E-state index in [1.54, 1.807) is 0 Å². The molecule has 4 heteroatoms. The first kappa shape index (κ1) is 13.6. The van der Waals surface area contributed by atoms with Gasteiger partial charge in [0.25, 0.3) is 0 Å². The smallest absolute Gasteiger partial charge is 0.153 e. The number of carbonyl (C=O) groups is 1. The largest absolute Gasteiger partial charge is 0.298 e. The van der Waals surface area contributed by atoms with E-state index >= 15 is 0 Å². The molecule has 0 spiro atoms. The minimum absolute atomic E-state index is 0.374. The maximum atomic E-state index is 11.3. The van der Waals surface area contributed by atoms with Crippen molar-refractivity contribution in [3.05, 3.63) is 40.0 Å². The Morgan fingerprint density at radius 3 is 2.80 bits per heavy atom. The highest BCUT2D eigenvalue weighted by atomic mass is 79.9. The van der Waals surface area contributed by atoms with Gasteiger partial charge in [-0.25, -0.2) is 0 Å². The van der Waals surface area contributed by atoms with Crippen molar-refractivity contribution < 1.29 is 4.79 Å². The first-order valence-corrected chi connectivity index (χ1v) is 7.70. The van der Waals surface area contributed by atoms with E-state index in [1.165, 1.54) is 12.8 Å². The van der Waals surface area contributed by atoms with Gasteiger partial charge in [0.05, 0.1) is 11.6 Å². The summed E-state index contributed by atoms with van der Waals surface area (Å²) in [6.07, 6.45) is 5.31. The topological polar surface area (TPSA) is 34.9 Å². The number of halogens is 1. The van der Waals surface area contributed by atoms with Gasteiger partial charge in [0, 0.05) is 16.2 Å². The fourth-order valence-electron chi connectivity index (χ4n) is 2.51. The van der Waals surface area contributed by atoms with Gasteiger partial charge in [-0.3, -0.25) is 9.48 Å².